The number of aryl methyl sites for hydroxylation is 1. The third kappa shape index (κ3) is 5.73. The van der Waals surface area contributed by atoms with Gasteiger partial charge in [0.25, 0.3) is 10.0 Å². The molecule has 1 amide bonds. The van der Waals surface area contributed by atoms with E-state index in [2.05, 4.69) is 5.32 Å². The first-order chi connectivity index (χ1) is 13.8. The summed E-state index contributed by atoms with van der Waals surface area (Å²) >= 11 is 0. The molecule has 0 aliphatic heterocycles. The Labute approximate surface area is 176 Å². The van der Waals surface area contributed by atoms with Crippen molar-refractivity contribution in [3.05, 3.63) is 54.1 Å². The number of carboxylic acid groups (broad SMARTS) is 1. The van der Waals surface area contributed by atoms with Crippen molar-refractivity contribution in [3.63, 3.8) is 0 Å². The summed E-state index contributed by atoms with van der Waals surface area (Å²) in [4.78, 5) is 23.5. The van der Waals surface area contributed by atoms with Crippen LogP contribution >= 0.6 is 0 Å². The number of sulfonamides is 1. The van der Waals surface area contributed by atoms with Gasteiger partial charge in [-0.15, -0.1) is 0 Å². The Kier molecular flexibility index (Phi) is 6.77. The van der Waals surface area contributed by atoms with Crippen molar-refractivity contribution >= 4 is 33.5 Å². The molecule has 0 aliphatic rings. The molecule has 0 fully saturated rings. The number of rotatable bonds is 6. The number of hydrogen-bond acceptors (Lipinski definition) is 5. The molecule has 0 radical (unpaired) electrons. The Hall–Kier alpha value is -3.07. The lowest BCUT2D eigenvalue weighted by Crippen LogP contribution is -2.43. The van der Waals surface area contributed by atoms with Crippen LogP contribution in [0.3, 0.4) is 0 Å². The number of nitrogens with one attached hydrogen (secondary N) is 1. The standard InChI is InChI=1S/C21H26N2O6S/c1-14-6-12-18(13-7-14)30(27,28)23(15(2)19(24)25)17-10-8-16(9-11-17)22-20(26)29-21(3,4)5/h6-13,15H,1-5H3,(H,22,26)(H,24,25)/t15-/m0/s1. The van der Waals surface area contributed by atoms with Gasteiger partial charge in [-0.1, -0.05) is 17.7 Å². The number of carbonyl (C=O) groups excluding carboxylic acids is 1. The van der Waals surface area contributed by atoms with Crippen LogP contribution in [0.4, 0.5) is 16.2 Å². The van der Waals surface area contributed by atoms with Crippen LogP contribution in [0.5, 0.6) is 0 Å². The molecule has 0 spiro atoms. The smallest absolute Gasteiger partial charge is 0.412 e. The molecule has 0 unspecified atom stereocenters. The van der Waals surface area contributed by atoms with Crippen LogP contribution in [0.1, 0.15) is 33.3 Å². The Balaban J connectivity index is 2.37. The Bertz CT molecular complexity index is 1010. The molecule has 0 bridgehead atoms. The number of nitrogens with zero attached hydrogens (tertiary/aromatic N) is 1. The van der Waals surface area contributed by atoms with Gasteiger partial charge in [0.05, 0.1) is 10.6 Å². The second-order valence-corrected chi connectivity index (χ2v) is 9.62. The van der Waals surface area contributed by atoms with Gasteiger partial charge in [0.1, 0.15) is 11.6 Å². The minimum atomic E-state index is -4.13. The van der Waals surface area contributed by atoms with Crippen LogP contribution in [0.15, 0.2) is 53.4 Å². The summed E-state index contributed by atoms with van der Waals surface area (Å²) < 4.78 is 32.4. The van der Waals surface area contributed by atoms with E-state index >= 15 is 0 Å². The van der Waals surface area contributed by atoms with E-state index in [-0.39, 0.29) is 10.6 Å². The SMILES string of the molecule is Cc1ccc(S(=O)(=O)N(c2ccc(NC(=O)OC(C)(C)C)cc2)[C@@H](C)C(=O)O)cc1. The molecule has 8 nitrogen and oxygen atoms in total. The van der Waals surface area contributed by atoms with Crippen LogP contribution in [0.25, 0.3) is 0 Å². The molecule has 0 heterocycles. The fourth-order valence-electron chi connectivity index (χ4n) is 2.61. The molecule has 0 saturated heterocycles. The van der Waals surface area contributed by atoms with Gasteiger partial charge in [-0.05, 0) is 71.0 Å². The van der Waals surface area contributed by atoms with Crippen molar-refractivity contribution < 1.29 is 27.9 Å². The third-order valence-electron chi connectivity index (χ3n) is 4.05. The summed E-state index contributed by atoms with van der Waals surface area (Å²) in [7, 11) is -4.13. The van der Waals surface area contributed by atoms with E-state index in [1.807, 2.05) is 6.92 Å². The summed E-state index contributed by atoms with van der Waals surface area (Å²) in [6, 6.07) is 10.6. The monoisotopic (exact) mass is 434 g/mol. The summed E-state index contributed by atoms with van der Waals surface area (Å²) in [6.45, 7) is 8.32. The van der Waals surface area contributed by atoms with Gasteiger partial charge in [-0.3, -0.25) is 9.62 Å². The number of aliphatic carboxylic acids is 1. The molecule has 162 valence electrons. The predicted octanol–water partition coefficient (Wildman–Crippen LogP) is 4.01. The third-order valence-corrected chi connectivity index (χ3v) is 5.97. The van der Waals surface area contributed by atoms with E-state index in [1.54, 1.807) is 32.9 Å². The Morgan fingerprint density at radius 3 is 2.03 bits per heavy atom. The summed E-state index contributed by atoms with van der Waals surface area (Å²) in [5, 5.41) is 12.0. The molecule has 0 aliphatic carbocycles. The molecular weight excluding hydrogens is 408 g/mol. The van der Waals surface area contributed by atoms with Crippen LogP contribution in [0, 0.1) is 6.92 Å². The fraction of sp³-hybridized carbons (Fsp3) is 0.333. The van der Waals surface area contributed by atoms with Crippen molar-refractivity contribution in [2.45, 2.75) is 51.2 Å². The van der Waals surface area contributed by atoms with Gasteiger partial charge >= 0.3 is 12.1 Å². The van der Waals surface area contributed by atoms with Crippen LogP contribution < -0.4 is 9.62 Å². The van der Waals surface area contributed by atoms with Crippen molar-refractivity contribution in [3.8, 4) is 0 Å². The van der Waals surface area contributed by atoms with E-state index in [0.29, 0.717) is 5.69 Å². The number of carbonyl (C=O) groups is 2. The topological polar surface area (TPSA) is 113 Å². The molecule has 30 heavy (non-hydrogen) atoms. The zero-order valence-corrected chi connectivity index (χ0v) is 18.4. The van der Waals surface area contributed by atoms with Gasteiger partial charge in [0, 0.05) is 5.69 Å². The zero-order valence-electron chi connectivity index (χ0n) is 17.5. The first-order valence-electron chi connectivity index (χ1n) is 9.25. The van der Waals surface area contributed by atoms with Gasteiger partial charge in [-0.2, -0.15) is 0 Å². The molecule has 1 atom stereocenters. The van der Waals surface area contributed by atoms with Crippen molar-refractivity contribution in [2.75, 3.05) is 9.62 Å². The van der Waals surface area contributed by atoms with E-state index in [4.69, 9.17) is 4.74 Å². The second kappa shape index (κ2) is 8.74. The molecule has 2 N–H and O–H groups in total. The number of amides is 1. The summed E-state index contributed by atoms with van der Waals surface area (Å²) in [6.07, 6.45) is -0.654. The lowest BCUT2D eigenvalue weighted by Gasteiger charge is -2.28. The zero-order chi connectivity index (χ0) is 22.7. The van der Waals surface area contributed by atoms with Crippen molar-refractivity contribution in [2.24, 2.45) is 0 Å². The highest BCUT2D eigenvalue weighted by Crippen LogP contribution is 2.28. The first-order valence-corrected chi connectivity index (χ1v) is 10.7. The molecule has 9 heteroatoms. The number of anilines is 2. The molecule has 0 saturated carbocycles. The maximum absolute atomic E-state index is 13.2. The summed E-state index contributed by atoms with van der Waals surface area (Å²) in [5.41, 5.74) is 0.744. The number of hydrogen-bond donors (Lipinski definition) is 2. The van der Waals surface area contributed by atoms with E-state index in [0.717, 1.165) is 9.87 Å². The molecule has 0 aromatic heterocycles. The van der Waals surface area contributed by atoms with Gasteiger partial charge < -0.3 is 9.84 Å². The maximum atomic E-state index is 13.2. The van der Waals surface area contributed by atoms with Gasteiger partial charge in [-0.25, -0.2) is 18.0 Å². The first kappa shape index (κ1) is 23.2. The highest BCUT2D eigenvalue weighted by atomic mass is 32.2. The van der Waals surface area contributed by atoms with E-state index < -0.39 is 33.7 Å². The molecular formula is C21H26N2O6S. The quantitative estimate of drug-likeness (QED) is 0.710. The minimum absolute atomic E-state index is 0.0165. The summed E-state index contributed by atoms with van der Waals surface area (Å²) in [5.74, 6) is -1.29. The van der Waals surface area contributed by atoms with Crippen molar-refractivity contribution in [1.82, 2.24) is 0 Å². The minimum Gasteiger partial charge on any atom is -0.480 e. The second-order valence-electron chi connectivity index (χ2n) is 7.80. The normalized spacial score (nSPS) is 12.7. The predicted molar refractivity (Wildman–Crippen MR) is 114 cm³/mol. The lowest BCUT2D eigenvalue weighted by atomic mass is 10.2. The van der Waals surface area contributed by atoms with Crippen LogP contribution in [0.2, 0.25) is 0 Å². The molecule has 2 rings (SSSR count). The number of carboxylic acids is 1. The Morgan fingerprint density at radius 2 is 1.57 bits per heavy atom. The molecule has 2 aromatic rings. The van der Waals surface area contributed by atoms with E-state index in [1.165, 1.54) is 43.3 Å². The fourth-order valence-corrected chi connectivity index (χ4v) is 4.22. The van der Waals surface area contributed by atoms with Gasteiger partial charge in [0.2, 0.25) is 0 Å². The average Bonchev–Trinajstić information content (AvgIpc) is 2.61. The van der Waals surface area contributed by atoms with Crippen LogP contribution in [-0.2, 0) is 19.6 Å². The molecule has 2 aromatic carbocycles. The highest BCUT2D eigenvalue weighted by Gasteiger charge is 2.33. The highest BCUT2D eigenvalue weighted by molar-refractivity contribution is 7.92. The number of ether oxygens (including phenoxy) is 1. The largest absolute Gasteiger partial charge is 0.480 e. The maximum Gasteiger partial charge on any atom is 0.412 e. The Morgan fingerprint density at radius 1 is 1.03 bits per heavy atom. The van der Waals surface area contributed by atoms with E-state index in [9.17, 15) is 23.1 Å². The lowest BCUT2D eigenvalue weighted by molar-refractivity contribution is -0.137. The van der Waals surface area contributed by atoms with Crippen LogP contribution in [-0.4, -0.2) is 37.2 Å². The number of benzene rings is 2. The average molecular weight is 435 g/mol. The van der Waals surface area contributed by atoms with Gasteiger partial charge in [0.15, 0.2) is 0 Å². The van der Waals surface area contributed by atoms with Crippen molar-refractivity contribution in [1.29, 1.82) is 0 Å².